The van der Waals surface area contributed by atoms with Crippen LogP contribution in [-0.2, 0) is 14.3 Å². The lowest BCUT2D eigenvalue weighted by Gasteiger charge is -2.21. The molecule has 3 atom stereocenters. The number of aliphatic hydroxyl groups is 1. The van der Waals surface area contributed by atoms with Crippen molar-refractivity contribution < 1.29 is 24.2 Å². The van der Waals surface area contributed by atoms with Gasteiger partial charge in [0.25, 0.3) is 0 Å². The van der Waals surface area contributed by atoms with E-state index in [1.165, 1.54) is 0 Å². The van der Waals surface area contributed by atoms with Crippen molar-refractivity contribution in [3.8, 4) is 0 Å². The van der Waals surface area contributed by atoms with E-state index in [0.717, 1.165) is 0 Å². The highest BCUT2D eigenvalue weighted by molar-refractivity contribution is 5.89. The fraction of sp³-hybridized carbons (Fsp3) is 0.429. The van der Waals surface area contributed by atoms with Gasteiger partial charge in [-0.1, -0.05) is 23.3 Å². The van der Waals surface area contributed by atoms with Crippen molar-refractivity contribution in [2.75, 3.05) is 13.2 Å². The molecule has 1 aliphatic heterocycles. The molecule has 22 heavy (non-hydrogen) atoms. The van der Waals surface area contributed by atoms with Gasteiger partial charge in [0.05, 0.1) is 24.6 Å². The number of benzene rings is 1. The predicted octanol–water partition coefficient (Wildman–Crippen LogP) is 1.45. The van der Waals surface area contributed by atoms with E-state index in [-0.39, 0.29) is 19.6 Å². The number of carbonyl (C=O) groups is 2. The normalized spacial score (nSPS) is 21.6. The fourth-order valence-electron chi connectivity index (χ4n) is 2.24. The molecule has 2 rings (SSSR count). The van der Waals surface area contributed by atoms with Crippen molar-refractivity contribution in [3.05, 3.63) is 46.3 Å². The van der Waals surface area contributed by atoms with Crippen LogP contribution >= 0.6 is 0 Å². The number of hydrogen-bond donors (Lipinski definition) is 1. The van der Waals surface area contributed by atoms with E-state index in [9.17, 15) is 14.7 Å². The highest BCUT2D eigenvalue weighted by atomic mass is 16.6. The molecule has 0 amide bonds. The fourth-order valence-corrected chi connectivity index (χ4v) is 2.24. The molecule has 1 fully saturated rings. The van der Waals surface area contributed by atoms with Gasteiger partial charge < -0.3 is 14.6 Å². The molecule has 116 valence electrons. The Morgan fingerprint density at radius 2 is 2.23 bits per heavy atom. The first-order valence-corrected chi connectivity index (χ1v) is 6.72. The van der Waals surface area contributed by atoms with Gasteiger partial charge in [0, 0.05) is 10.8 Å². The van der Waals surface area contributed by atoms with E-state index < -0.39 is 30.1 Å². The first kappa shape index (κ1) is 15.8. The van der Waals surface area contributed by atoms with Gasteiger partial charge in [-0.25, -0.2) is 4.79 Å². The molecule has 1 saturated heterocycles. The summed E-state index contributed by atoms with van der Waals surface area (Å²) in [4.78, 5) is 25.7. The standard InChI is InChI=1S/C14H15N3O5/c15-17-16-7-12-10(6-13(19)22-12)11(18)8-21-14(20)9-4-2-1-3-5-9/h1-5,10-12,18H,6-8H2/t10-,11+,12+/m1/s1. The smallest absolute Gasteiger partial charge is 0.338 e. The lowest BCUT2D eigenvalue weighted by Crippen LogP contribution is -2.34. The minimum atomic E-state index is -1.07. The lowest BCUT2D eigenvalue weighted by molar-refractivity contribution is -0.141. The molecule has 0 aromatic heterocycles. The zero-order valence-corrected chi connectivity index (χ0v) is 11.7. The molecular weight excluding hydrogens is 290 g/mol. The highest BCUT2D eigenvalue weighted by Gasteiger charge is 2.39. The number of hydrogen-bond acceptors (Lipinski definition) is 6. The van der Waals surface area contributed by atoms with Gasteiger partial charge in [-0.2, -0.15) is 0 Å². The summed E-state index contributed by atoms with van der Waals surface area (Å²) in [6.07, 6.45) is -1.78. The van der Waals surface area contributed by atoms with Crippen LogP contribution in [0.2, 0.25) is 0 Å². The topological polar surface area (TPSA) is 122 Å². The molecule has 8 heteroatoms. The Morgan fingerprint density at radius 3 is 2.91 bits per heavy atom. The van der Waals surface area contributed by atoms with Crippen molar-refractivity contribution in [1.82, 2.24) is 0 Å². The van der Waals surface area contributed by atoms with E-state index in [1.807, 2.05) is 0 Å². The monoisotopic (exact) mass is 305 g/mol. The zero-order chi connectivity index (χ0) is 15.9. The van der Waals surface area contributed by atoms with Crippen LogP contribution in [0.1, 0.15) is 16.8 Å². The first-order valence-electron chi connectivity index (χ1n) is 6.72. The van der Waals surface area contributed by atoms with Crippen molar-refractivity contribution in [2.45, 2.75) is 18.6 Å². The zero-order valence-electron chi connectivity index (χ0n) is 11.7. The van der Waals surface area contributed by atoms with Crippen LogP contribution in [0.4, 0.5) is 0 Å². The van der Waals surface area contributed by atoms with Crippen molar-refractivity contribution in [2.24, 2.45) is 11.0 Å². The number of nitrogens with zero attached hydrogens (tertiary/aromatic N) is 3. The Labute approximate surface area is 126 Å². The third-order valence-corrected chi connectivity index (χ3v) is 3.38. The molecule has 1 N–H and O–H groups in total. The second kappa shape index (κ2) is 7.44. The Kier molecular flexibility index (Phi) is 5.35. The molecule has 0 spiro atoms. The van der Waals surface area contributed by atoms with Gasteiger partial charge in [0.2, 0.25) is 0 Å². The molecule has 1 heterocycles. The van der Waals surface area contributed by atoms with Gasteiger partial charge >= 0.3 is 11.9 Å². The van der Waals surface area contributed by atoms with E-state index >= 15 is 0 Å². The lowest BCUT2D eigenvalue weighted by atomic mass is 9.95. The minimum Gasteiger partial charge on any atom is -0.462 e. The Bertz CT molecular complexity index is 585. The molecule has 8 nitrogen and oxygen atoms in total. The van der Waals surface area contributed by atoms with Gasteiger partial charge in [0.1, 0.15) is 12.7 Å². The van der Waals surface area contributed by atoms with Gasteiger partial charge in [-0.15, -0.1) is 0 Å². The second-order valence-electron chi connectivity index (χ2n) is 4.84. The summed E-state index contributed by atoms with van der Waals surface area (Å²) in [5, 5.41) is 13.4. The van der Waals surface area contributed by atoms with Gasteiger partial charge in [0.15, 0.2) is 0 Å². The number of azide groups is 1. The number of aliphatic hydroxyl groups excluding tert-OH is 1. The van der Waals surface area contributed by atoms with Gasteiger partial charge in [-0.05, 0) is 17.7 Å². The minimum absolute atomic E-state index is 0.00430. The summed E-state index contributed by atoms with van der Waals surface area (Å²) in [6, 6.07) is 8.37. The van der Waals surface area contributed by atoms with Crippen molar-refractivity contribution in [3.63, 3.8) is 0 Å². The van der Waals surface area contributed by atoms with E-state index in [4.69, 9.17) is 15.0 Å². The molecule has 0 saturated carbocycles. The average molecular weight is 305 g/mol. The molecular formula is C14H15N3O5. The molecule has 0 unspecified atom stereocenters. The summed E-state index contributed by atoms with van der Waals surface area (Å²) < 4.78 is 10.0. The summed E-state index contributed by atoms with van der Waals surface area (Å²) in [5.74, 6) is -1.60. The largest absolute Gasteiger partial charge is 0.462 e. The number of esters is 2. The summed E-state index contributed by atoms with van der Waals surface area (Å²) in [7, 11) is 0. The van der Waals surface area contributed by atoms with Crippen LogP contribution in [0.5, 0.6) is 0 Å². The third-order valence-electron chi connectivity index (χ3n) is 3.38. The molecule has 1 aliphatic rings. The number of carbonyl (C=O) groups excluding carboxylic acids is 2. The molecule has 0 bridgehead atoms. The summed E-state index contributed by atoms with van der Waals surface area (Å²) >= 11 is 0. The van der Waals surface area contributed by atoms with Crippen molar-refractivity contribution in [1.29, 1.82) is 0 Å². The van der Waals surface area contributed by atoms with Crippen LogP contribution < -0.4 is 0 Å². The number of ether oxygens (including phenoxy) is 2. The van der Waals surface area contributed by atoms with E-state index in [0.29, 0.717) is 5.56 Å². The van der Waals surface area contributed by atoms with E-state index in [2.05, 4.69) is 10.0 Å². The Hall–Kier alpha value is -2.57. The number of rotatable bonds is 6. The van der Waals surface area contributed by atoms with Crippen LogP contribution in [0.25, 0.3) is 10.4 Å². The van der Waals surface area contributed by atoms with Crippen molar-refractivity contribution >= 4 is 11.9 Å². The second-order valence-corrected chi connectivity index (χ2v) is 4.84. The average Bonchev–Trinajstić information content (AvgIpc) is 2.92. The first-order chi connectivity index (χ1) is 10.6. The maximum atomic E-state index is 11.8. The predicted molar refractivity (Wildman–Crippen MR) is 74.7 cm³/mol. The number of cyclic esters (lactones) is 1. The Balaban J connectivity index is 1.90. The molecule has 0 aliphatic carbocycles. The maximum Gasteiger partial charge on any atom is 0.338 e. The third kappa shape index (κ3) is 3.97. The highest BCUT2D eigenvalue weighted by Crippen LogP contribution is 2.26. The summed E-state index contributed by atoms with van der Waals surface area (Å²) in [6.45, 7) is -0.321. The summed E-state index contributed by atoms with van der Waals surface area (Å²) in [5.41, 5.74) is 8.68. The molecule has 1 aromatic carbocycles. The SMILES string of the molecule is [N-]=[N+]=NC[C@@H]1OC(=O)C[C@@H]1[C@@H](O)COC(=O)c1ccccc1. The quantitative estimate of drug-likeness (QED) is 0.369. The van der Waals surface area contributed by atoms with E-state index in [1.54, 1.807) is 30.3 Å². The van der Waals surface area contributed by atoms with Crippen LogP contribution in [0.15, 0.2) is 35.4 Å². The van der Waals surface area contributed by atoms with Crippen LogP contribution in [0, 0.1) is 5.92 Å². The van der Waals surface area contributed by atoms with Gasteiger partial charge in [-0.3, -0.25) is 4.79 Å². The van der Waals surface area contributed by atoms with Crippen LogP contribution in [0.3, 0.4) is 0 Å². The maximum absolute atomic E-state index is 11.8. The Morgan fingerprint density at radius 1 is 1.50 bits per heavy atom. The molecule has 1 aromatic rings. The van der Waals surface area contributed by atoms with Crippen LogP contribution in [-0.4, -0.2) is 42.4 Å². The molecule has 0 radical (unpaired) electrons.